The van der Waals surface area contributed by atoms with E-state index in [9.17, 15) is 4.79 Å². The average molecular weight is 367 g/mol. The van der Waals surface area contributed by atoms with E-state index >= 15 is 0 Å². The summed E-state index contributed by atoms with van der Waals surface area (Å²) in [7, 11) is 0. The van der Waals surface area contributed by atoms with Gasteiger partial charge in [0.15, 0.2) is 0 Å². The fourth-order valence-corrected chi connectivity index (χ4v) is 3.28. The van der Waals surface area contributed by atoms with Gasteiger partial charge in [-0.3, -0.25) is 4.79 Å². The minimum Gasteiger partial charge on any atom is -0.411 e. The highest BCUT2D eigenvalue weighted by molar-refractivity contribution is 8.00. The monoisotopic (exact) mass is 367 g/mol. The number of carbonyl (C=O) groups is 1. The highest BCUT2D eigenvalue weighted by Crippen LogP contribution is 2.28. The van der Waals surface area contributed by atoms with Gasteiger partial charge in [-0.15, -0.1) is 10.2 Å². The van der Waals surface area contributed by atoms with Gasteiger partial charge < -0.3 is 9.73 Å². The lowest BCUT2D eigenvalue weighted by Crippen LogP contribution is -2.23. The van der Waals surface area contributed by atoms with Crippen LogP contribution in [0.25, 0.3) is 11.5 Å². The number of amides is 1. The summed E-state index contributed by atoms with van der Waals surface area (Å²) in [6.45, 7) is 7.79. The van der Waals surface area contributed by atoms with Gasteiger partial charge in [-0.25, -0.2) is 0 Å². The highest BCUT2D eigenvalue weighted by Gasteiger charge is 2.20. The molecule has 1 amide bonds. The van der Waals surface area contributed by atoms with Gasteiger partial charge in [0.1, 0.15) is 0 Å². The van der Waals surface area contributed by atoms with Crippen LogP contribution >= 0.6 is 11.8 Å². The van der Waals surface area contributed by atoms with Crippen LogP contribution in [0.1, 0.15) is 23.6 Å². The average Bonchev–Trinajstić information content (AvgIpc) is 3.06. The molecule has 1 atom stereocenters. The van der Waals surface area contributed by atoms with Crippen molar-refractivity contribution in [2.45, 2.75) is 38.2 Å². The Kier molecular flexibility index (Phi) is 5.42. The van der Waals surface area contributed by atoms with Crippen molar-refractivity contribution in [1.29, 1.82) is 0 Å². The summed E-state index contributed by atoms with van der Waals surface area (Å²) in [5.41, 5.74) is 4.93. The molecule has 0 unspecified atom stereocenters. The van der Waals surface area contributed by atoms with E-state index in [1.54, 1.807) is 0 Å². The molecule has 3 aromatic rings. The first-order chi connectivity index (χ1) is 12.4. The van der Waals surface area contributed by atoms with Crippen molar-refractivity contribution in [2.75, 3.05) is 5.32 Å². The Labute approximate surface area is 157 Å². The second-order valence-electron chi connectivity index (χ2n) is 6.26. The fraction of sp³-hybridized carbons (Fsp3) is 0.250. The maximum atomic E-state index is 12.5. The third-order valence-corrected chi connectivity index (χ3v) is 4.98. The first kappa shape index (κ1) is 18.2. The number of hydrogen-bond donors (Lipinski definition) is 1. The Morgan fingerprint density at radius 1 is 1.08 bits per heavy atom. The predicted octanol–water partition coefficient (Wildman–Crippen LogP) is 4.78. The number of para-hydroxylation sites is 1. The Morgan fingerprint density at radius 3 is 2.46 bits per heavy atom. The lowest BCUT2D eigenvalue weighted by atomic mass is 10.1. The molecule has 5 nitrogen and oxygen atoms in total. The zero-order chi connectivity index (χ0) is 18.7. The van der Waals surface area contributed by atoms with Crippen molar-refractivity contribution in [1.82, 2.24) is 10.2 Å². The third kappa shape index (κ3) is 4.14. The molecule has 134 valence electrons. The van der Waals surface area contributed by atoms with Gasteiger partial charge in [0, 0.05) is 11.3 Å². The quantitative estimate of drug-likeness (QED) is 0.657. The Morgan fingerprint density at radius 2 is 1.77 bits per heavy atom. The molecule has 0 spiro atoms. The molecular formula is C20H21N3O2S. The summed E-state index contributed by atoms with van der Waals surface area (Å²) in [6.07, 6.45) is 0. The fourth-order valence-electron chi connectivity index (χ4n) is 2.59. The summed E-state index contributed by atoms with van der Waals surface area (Å²) < 4.78 is 5.70. The van der Waals surface area contributed by atoms with Crippen LogP contribution in [0, 0.1) is 20.8 Å². The summed E-state index contributed by atoms with van der Waals surface area (Å²) in [4.78, 5) is 12.5. The van der Waals surface area contributed by atoms with E-state index < -0.39 is 0 Å². The van der Waals surface area contributed by atoms with E-state index in [0.717, 1.165) is 27.9 Å². The van der Waals surface area contributed by atoms with E-state index in [2.05, 4.69) is 15.5 Å². The van der Waals surface area contributed by atoms with E-state index in [1.165, 1.54) is 11.8 Å². The molecule has 0 aliphatic heterocycles. The first-order valence-electron chi connectivity index (χ1n) is 8.38. The molecule has 0 bridgehead atoms. The SMILES string of the molecule is Cc1cccc(-c2nnc(S[C@@H](C)C(=O)Nc3c(C)cccc3C)o2)c1. The number of nitrogens with one attached hydrogen (secondary N) is 1. The molecule has 0 radical (unpaired) electrons. The Balaban J connectivity index is 1.68. The highest BCUT2D eigenvalue weighted by atomic mass is 32.2. The molecule has 0 fully saturated rings. The summed E-state index contributed by atoms with van der Waals surface area (Å²) >= 11 is 1.25. The van der Waals surface area contributed by atoms with Crippen LogP contribution in [0.4, 0.5) is 5.69 Å². The van der Waals surface area contributed by atoms with Crippen LogP contribution < -0.4 is 5.32 Å². The van der Waals surface area contributed by atoms with Gasteiger partial charge in [-0.2, -0.15) is 0 Å². The van der Waals surface area contributed by atoms with Crippen LogP contribution in [-0.4, -0.2) is 21.4 Å². The minimum atomic E-state index is -0.361. The molecule has 0 saturated heterocycles. The Bertz CT molecular complexity index is 916. The number of anilines is 1. The molecule has 0 aliphatic rings. The summed E-state index contributed by atoms with van der Waals surface area (Å²) in [6, 6.07) is 13.8. The number of aromatic nitrogens is 2. The maximum absolute atomic E-state index is 12.5. The number of hydrogen-bond acceptors (Lipinski definition) is 5. The van der Waals surface area contributed by atoms with E-state index in [1.807, 2.05) is 70.2 Å². The Hall–Kier alpha value is -2.60. The molecule has 3 rings (SSSR count). The molecule has 0 saturated carbocycles. The minimum absolute atomic E-state index is 0.0947. The summed E-state index contributed by atoms with van der Waals surface area (Å²) in [5, 5.41) is 11.1. The van der Waals surface area contributed by atoms with Gasteiger partial charge in [0.05, 0.1) is 5.25 Å². The molecule has 2 aromatic carbocycles. The second-order valence-corrected chi connectivity index (χ2v) is 7.55. The summed E-state index contributed by atoms with van der Waals surface area (Å²) in [5.74, 6) is 0.362. The number of nitrogens with zero attached hydrogens (tertiary/aromatic N) is 2. The van der Waals surface area contributed by atoms with Gasteiger partial charge in [-0.05, 0) is 51.0 Å². The van der Waals surface area contributed by atoms with E-state index in [4.69, 9.17) is 4.42 Å². The van der Waals surface area contributed by atoms with Crippen molar-refractivity contribution in [3.8, 4) is 11.5 Å². The second kappa shape index (κ2) is 7.74. The van der Waals surface area contributed by atoms with E-state index in [0.29, 0.717) is 11.1 Å². The number of thioether (sulfide) groups is 1. The molecule has 1 N–H and O–H groups in total. The largest absolute Gasteiger partial charge is 0.411 e. The van der Waals surface area contributed by atoms with E-state index in [-0.39, 0.29) is 11.2 Å². The third-order valence-electron chi connectivity index (χ3n) is 4.05. The normalized spacial score (nSPS) is 12.0. The number of aryl methyl sites for hydroxylation is 3. The van der Waals surface area contributed by atoms with Crippen molar-refractivity contribution in [3.05, 3.63) is 59.2 Å². The zero-order valence-electron chi connectivity index (χ0n) is 15.2. The van der Waals surface area contributed by atoms with Crippen molar-refractivity contribution in [2.24, 2.45) is 0 Å². The lowest BCUT2D eigenvalue weighted by molar-refractivity contribution is -0.115. The number of carbonyl (C=O) groups excluding carboxylic acids is 1. The van der Waals surface area contributed by atoms with Crippen LogP contribution in [0.2, 0.25) is 0 Å². The number of rotatable bonds is 5. The van der Waals surface area contributed by atoms with Gasteiger partial charge in [0.25, 0.3) is 5.22 Å². The standard InChI is InChI=1S/C20H21N3O2S/c1-12-7-5-10-16(11-12)19-22-23-20(25-19)26-15(4)18(24)21-17-13(2)8-6-9-14(17)3/h5-11,15H,1-4H3,(H,21,24)/t15-/m0/s1. The maximum Gasteiger partial charge on any atom is 0.277 e. The van der Waals surface area contributed by atoms with Crippen LogP contribution in [0.3, 0.4) is 0 Å². The molecule has 1 heterocycles. The van der Waals surface area contributed by atoms with Crippen molar-refractivity contribution >= 4 is 23.4 Å². The molecule has 26 heavy (non-hydrogen) atoms. The van der Waals surface area contributed by atoms with Crippen molar-refractivity contribution in [3.63, 3.8) is 0 Å². The number of benzene rings is 2. The zero-order valence-corrected chi connectivity index (χ0v) is 16.1. The first-order valence-corrected chi connectivity index (χ1v) is 9.26. The van der Waals surface area contributed by atoms with Gasteiger partial charge in [0.2, 0.25) is 11.8 Å². The molecule has 0 aliphatic carbocycles. The van der Waals surface area contributed by atoms with Gasteiger partial charge >= 0.3 is 0 Å². The predicted molar refractivity (Wildman–Crippen MR) is 104 cm³/mol. The molecular weight excluding hydrogens is 346 g/mol. The lowest BCUT2D eigenvalue weighted by Gasteiger charge is -2.14. The van der Waals surface area contributed by atoms with Crippen LogP contribution in [-0.2, 0) is 4.79 Å². The molecule has 6 heteroatoms. The molecule has 1 aromatic heterocycles. The van der Waals surface area contributed by atoms with Crippen molar-refractivity contribution < 1.29 is 9.21 Å². The van der Waals surface area contributed by atoms with Gasteiger partial charge in [-0.1, -0.05) is 47.7 Å². The smallest absolute Gasteiger partial charge is 0.277 e. The van der Waals surface area contributed by atoms with Crippen LogP contribution in [0.15, 0.2) is 52.1 Å². The van der Waals surface area contributed by atoms with Crippen LogP contribution in [0.5, 0.6) is 0 Å². The topological polar surface area (TPSA) is 68.0 Å².